The Labute approximate surface area is 114 Å². The van der Waals surface area contributed by atoms with E-state index in [-0.39, 0.29) is 24.3 Å². The average molecular weight is 295 g/mol. The van der Waals surface area contributed by atoms with Gasteiger partial charge in [0.25, 0.3) is 0 Å². The van der Waals surface area contributed by atoms with Crippen LogP contribution in [0.3, 0.4) is 0 Å². The summed E-state index contributed by atoms with van der Waals surface area (Å²) in [5, 5.41) is 9.12. The first-order valence-electron chi connectivity index (χ1n) is 6.44. The van der Waals surface area contributed by atoms with E-state index in [2.05, 4.69) is 0 Å². The Bertz CT molecular complexity index is 421. The molecule has 0 spiro atoms. The first kappa shape index (κ1) is 16.4. The third kappa shape index (κ3) is 5.86. The molecule has 1 aliphatic heterocycles. The second-order valence-corrected chi connectivity index (χ2v) is 7.45. The molecule has 112 valence electrons. The molecule has 1 unspecified atom stereocenters. The van der Waals surface area contributed by atoms with Crippen LogP contribution >= 0.6 is 0 Å². The van der Waals surface area contributed by atoms with Crippen molar-refractivity contribution in [2.24, 2.45) is 11.3 Å². The molecule has 1 heterocycles. The highest BCUT2D eigenvalue weighted by molar-refractivity contribution is 7.86. The van der Waals surface area contributed by atoms with Crippen LogP contribution in [0.2, 0.25) is 0 Å². The summed E-state index contributed by atoms with van der Waals surface area (Å²) in [6, 6.07) is 0. The van der Waals surface area contributed by atoms with E-state index in [9.17, 15) is 17.1 Å². The summed E-state index contributed by atoms with van der Waals surface area (Å²) < 4.78 is 33.7. The first-order valence-corrected chi connectivity index (χ1v) is 7.99. The summed E-state index contributed by atoms with van der Waals surface area (Å²) in [5.74, 6) is -1.12. The number of rotatable bonds is 7. The number of aliphatic hydroxyl groups excluding tert-OH is 1. The smallest absolute Gasteiger partial charge is 0.302 e. The zero-order chi connectivity index (χ0) is 14.7. The van der Waals surface area contributed by atoms with Crippen LogP contribution < -0.4 is 0 Å². The summed E-state index contributed by atoms with van der Waals surface area (Å²) in [5.41, 5.74) is -0.176. The molecule has 19 heavy (non-hydrogen) atoms. The highest BCUT2D eigenvalue weighted by Gasteiger charge is 2.32. The molecule has 0 aromatic heterocycles. The fraction of sp³-hybridized carbons (Fsp3) is 0.917. The first-order chi connectivity index (χ1) is 8.63. The van der Waals surface area contributed by atoms with Crippen LogP contribution in [0.4, 0.5) is 3.89 Å². The van der Waals surface area contributed by atoms with Gasteiger partial charge in [-0.2, -0.15) is 8.42 Å². The van der Waals surface area contributed by atoms with E-state index in [1.807, 2.05) is 13.8 Å². The van der Waals surface area contributed by atoms with Crippen LogP contribution in [0.1, 0.15) is 33.1 Å². The number of carbonyl (C=O) groups is 1. The fourth-order valence-corrected chi connectivity index (χ4v) is 3.08. The molecule has 0 aromatic carbocycles. The lowest BCUT2D eigenvalue weighted by atomic mass is 9.89. The number of hydrogen-bond donors (Lipinski definition) is 1. The van der Waals surface area contributed by atoms with Gasteiger partial charge in [-0.1, -0.05) is 13.8 Å². The van der Waals surface area contributed by atoms with Crippen LogP contribution in [-0.2, 0) is 15.0 Å². The van der Waals surface area contributed by atoms with Gasteiger partial charge >= 0.3 is 10.2 Å². The minimum Gasteiger partial charge on any atom is -0.396 e. The third-order valence-corrected chi connectivity index (χ3v) is 4.31. The van der Waals surface area contributed by atoms with Gasteiger partial charge in [0.05, 0.1) is 5.75 Å². The van der Waals surface area contributed by atoms with E-state index in [0.29, 0.717) is 13.1 Å². The van der Waals surface area contributed by atoms with Crippen molar-refractivity contribution >= 4 is 16.1 Å². The van der Waals surface area contributed by atoms with Crippen LogP contribution in [0, 0.1) is 11.3 Å². The van der Waals surface area contributed by atoms with Crippen LogP contribution in [0.25, 0.3) is 0 Å². The number of halogens is 1. The van der Waals surface area contributed by atoms with Gasteiger partial charge in [-0.25, -0.2) is 0 Å². The normalized spacial score (nSPS) is 21.2. The Morgan fingerprint density at radius 3 is 2.63 bits per heavy atom. The Morgan fingerprint density at radius 1 is 1.47 bits per heavy atom. The number of amides is 1. The molecular weight excluding hydrogens is 273 g/mol. The summed E-state index contributed by atoms with van der Waals surface area (Å²) >= 11 is 0. The molecule has 1 atom stereocenters. The largest absolute Gasteiger partial charge is 0.396 e. The summed E-state index contributed by atoms with van der Waals surface area (Å²) in [6.45, 7) is 4.81. The molecule has 1 amide bonds. The van der Waals surface area contributed by atoms with E-state index in [4.69, 9.17) is 5.11 Å². The summed E-state index contributed by atoms with van der Waals surface area (Å²) in [4.78, 5) is 13.2. The highest BCUT2D eigenvalue weighted by Crippen LogP contribution is 2.24. The number of nitrogens with zero attached hydrogens (tertiary/aromatic N) is 1. The monoisotopic (exact) mass is 295 g/mol. The van der Waals surface area contributed by atoms with E-state index < -0.39 is 21.9 Å². The minimum atomic E-state index is -4.51. The van der Waals surface area contributed by atoms with Gasteiger partial charge in [-0.05, 0) is 18.3 Å². The molecule has 0 aromatic rings. The van der Waals surface area contributed by atoms with Crippen molar-refractivity contribution in [2.45, 2.75) is 33.1 Å². The van der Waals surface area contributed by atoms with E-state index in [1.165, 1.54) is 0 Å². The topological polar surface area (TPSA) is 74.7 Å². The van der Waals surface area contributed by atoms with E-state index >= 15 is 0 Å². The Kier molecular flexibility index (Phi) is 5.32. The highest BCUT2D eigenvalue weighted by atomic mass is 32.3. The van der Waals surface area contributed by atoms with Crippen molar-refractivity contribution in [3.05, 3.63) is 0 Å². The molecule has 0 radical (unpaired) electrons. The number of hydrogen-bond acceptors (Lipinski definition) is 4. The van der Waals surface area contributed by atoms with Gasteiger partial charge in [0.15, 0.2) is 0 Å². The van der Waals surface area contributed by atoms with E-state index in [0.717, 1.165) is 12.8 Å². The molecule has 7 heteroatoms. The molecule has 1 saturated heterocycles. The lowest BCUT2D eigenvalue weighted by Gasteiger charge is -2.23. The van der Waals surface area contributed by atoms with Crippen molar-refractivity contribution < 1.29 is 22.2 Å². The molecule has 1 aliphatic rings. The lowest BCUT2D eigenvalue weighted by molar-refractivity contribution is -0.127. The zero-order valence-corrected chi connectivity index (χ0v) is 12.2. The molecule has 1 fully saturated rings. The Balaban J connectivity index is 2.38. The number of aliphatic hydroxyl groups is 1. The summed E-state index contributed by atoms with van der Waals surface area (Å²) in [6.07, 6.45) is 1.63. The minimum absolute atomic E-state index is 0.0870. The van der Waals surface area contributed by atoms with Gasteiger partial charge in [0.2, 0.25) is 5.91 Å². The number of carbonyl (C=O) groups excluding carboxylic acids is 1. The predicted octanol–water partition coefficient (Wildman–Crippen LogP) is 0.933. The van der Waals surface area contributed by atoms with Gasteiger partial charge in [0, 0.05) is 32.0 Å². The van der Waals surface area contributed by atoms with Gasteiger partial charge in [-0.3, -0.25) is 4.79 Å². The Hall–Kier alpha value is -0.690. The second kappa shape index (κ2) is 6.17. The fourth-order valence-electron chi connectivity index (χ4n) is 2.29. The summed E-state index contributed by atoms with van der Waals surface area (Å²) in [7, 11) is -4.51. The van der Waals surface area contributed by atoms with E-state index in [1.54, 1.807) is 4.90 Å². The van der Waals surface area contributed by atoms with Crippen LogP contribution in [-0.4, -0.2) is 49.8 Å². The molecule has 0 aliphatic carbocycles. The standard InChI is InChI=1S/C12H22FNO4S/c1-12(2,9-15)4-3-5-14-7-10(6-11(14)16)8-19(13,17)18/h10,15H,3-9H2,1-2H3. The van der Waals surface area contributed by atoms with Crippen molar-refractivity contribution in [3.8, 4) is 0 Å². The second-order valence-electron chi connectivity index (χ2n) is 6.04. The van der Waals surface area contributed by atoms with Crippen molar-refractivity contribution in [1.82, 2.24) is 4.90 Å². The van der Waals surface area contributed by atoms with Crippen LogP contribution in [0.15, 0.2) is 0 Å². The average Bonchev–Trinajstić information content (AvgIpc) is 2.56. The molecule has 1 N–H and O–H groups in total. The van der Waals surface area contributed by atoms with Crippen molar-refractivity contribution in [3.63, 3.8) is 0 Å². The third-order valence-electron chi connectivity index (χ3n) is 3.44. The predicted molar refractivity (Wildman–Crippen MR) is 69.7 cm³/mol. The molecule has 1 rings (SSSR count). The molecule has 5 nitrogen and oxygen atoms in total. The SMILES string of the molecule is CC(C)(CO)CCCN1CC(CS(=O)(=O)F)CC1=O. The van der Waals surface area contributed by atoms with Crippen molar-refractivity contribution in [2.75, 3.05) is 25.4 Å². The quantitative estimate of drug-likeness (QED) is 0.709. The zero-order valence-electron chi connectivity index (χ0n) is 11.4. The van der Waals surface area contributed by atoms with Gasteiger partial charge < -0.3 is 10.0 Å². The van der Waals surface area contributed by atoms with Crippen molar-refractivity contribution in [1.29, 1.82) is 0 Å². The lowest BCUT2D eigenvalue weighted by Crippen LogP contribution is -2.28. The van der Waals surface area contributed by atoms with Gasteiger partial charge in [-0.15, -0.1) is 3.89 Å². The molecular formula is C12H22FNO4S. The maximum Gasteiger partial charge on any atom is 0.302 e. The number of likely N-dealkylation sites (tertiary alicyclic amines) is 1. The molecule has 0 bridgehead atoms. The van der Waals surface area contributed by atoms with Gasteiger partial charge in [0.1, 0.15) is 0 Å². The Morgan fingerprint density at radius 2 is 2.11 bits per heavy atom. The van der Waals surface area contributed by atoms with Crippen LogP contribution in [0.5, 0.6) is 0 Å². The maximum atomic E-state index is 12.6. The maximum absolute atomic E-state index is 12.6. The molecule has 0 saturated carbocycles.